The summed E-state index contributed by atoms with van der Waals surface area (Å²) in [5, 5.41) is 9.43. The first kappa shape index (κ1) is 10.0. The maximum Gasteiger partial charge on any atom is 0.185 e. The molecular formula is C10H12N6O. The van der Waals surface area contributed by atoms with E-state index >= 15 is 0 Å². The number of nitrogen functional groups attached to an aromatic ring is 2. The van der Waals surface area contributed by atoms with Gasteiger partial charge in [-0.05, 0) is 6.42 Å². The Morgan fingerprint density at radius 2 is 2.18 bits per heavy atom. The third-order valence-corrected chi connectivity index (χ3v) is 2.87. The second-order valence-electron chi connectivity index (χ2n) is 4.09. The van der Waals surface area contributed by atoms with Gasteiger partial charge in [0, 0.05) is 5.92 Å². The number of nitrogens with two attached hydrogens (primary N) is 2. The number of allylic oxidation sites excluding steroid dienone is 1. The summed E-state index contributed by atoms with van der Waals surface area (Å²) in [6, 6.07) is 0. The van der Waals surface area contributed by atoms with Crippen molar-refractivity contribution in [2.45, 2.75) is 18.4 Å². The van der Waals surface area contributed by atoms with Crippen molar-refractivity contribution in [2.24, 2.45) is 0 Å². The topological polar surface area (TPSA) is 116 Å². The molecule has 3 rings (SSSR count). The summed E-state index contributed by atoms with van der Waals surface area (Å²) in [6.45, 7) is 0. The first-order valence-corrected chi connectivity index (χ1v) is 5.27. The van der Waals surface area contributed by atoms with Gasteiger partial charge < -0.3 is 16.7 Å². The van der Waals surface area contributed by atoms with Crippen LogP contribution in [0.2, 0.25) is 0 Å². The minimum absolute atomic E-state index is 0.0142. The van der Waals surface area contributed by atoms with Crippen molar-refractivity contribution in [3.63, 3.8) is 0 Å². The van der Waals surface area contributed by atoms with Crippen molar-refractivity contribution < 1.29 is 5.11 Å². The Kier molecular flexibility index (Phi) is 2.02. The maximum absolute atomic E-state index is 9.43. The van der Waals surface area contributed by atoms with Gasteiger partial charge in [0.25, 0.3) is 0 Å². The Labute approximate surface area is 96.8 Å². The number of fused-ring (bicyclic) bond motifs is 1. The highest BCUT2D eigenvalue weighted by atomic mass is 16.3. The van der Waals surface area contributed by atoms with Crippen LogP contribution in [0.1, 0.15) is 18.2 Å². The highest BCUT2D eigenvalue weighted by Gasteiger charge is 2.22. The third kappa shape index (κ3) is 1.51. The van der Waals surface area contributed by atoms with Crippen LogP contribution in [0.3, 0.4) is 0 Å². The van der Waals surface area contributed by atoms with Gasteiger partial charge in [-0.1, -0.05) is 12.2 Å². The lowest BCUT2D eigenvalue weighted by Gasteiger charge is -2.08. The van der Waals surface area contributed by atoms with Crippen molar-refractivity contribution in [2.75, 3.05) is 11.6 Å². The van der Waals surface area contributed by atoms with Crippen LogP contribution in [0.25, 0.3) is 11.2 Å². The predicted octanol–water partition coefficient (Wildman–Crippen LogP) is -0.473. The zero-order valence-corrected chi connectivity index (χ0v) is 8.98. The third-order valence-electron chi connectivity index (χ3n) is 2.87. The molecule has 0 aliphatic heterocycles. The van der Waals surface area contributed by atoms with Crippen molar-refractivity contribution in [3.05, 3.63) is 24.3 Å². The molecule has 5 N–H and O–H groups in total. The highest BCUT2D eigenvalue weighted by molar-refractivity contribution is 5.81. The second kappa shape index (κ2) is 3.42. The highest BCUT2D eigenvalue weighted by Crippen LogP contribution is 2.28. The van der Waals surface area contributed by atoms with Crippen LogP contribution in [0, 0.1) is 0 Å². The predicted molar refractivity (Wildman–Crippen MR) is 62.4 cm³/mol. The van der Waals surface area contributed by atoms with E-state index in [1.807, 2.05) is 6.08 Å². The van der Waals surface area contributed by atoms with E-state index in [1.54, 1.807) is 6.08 Å². The van der Waals surface area contributed by atoms with Crippen LogP contribution in [-0.4, -0.2) is 30.8 Å². The molecule has 88 valence electrons. The Morgan fingerprint density at radius 1 is 1.35 bits per heavy atom. The fourth-order valence-corrected chi connectivity index (χ4v) is 2.03. The van der Waals surface area contributed by atoms with Gasteiger partial charge in [0.2, 0.25) is 0 Å². The lowest BCUT2D eigenvalue weighted by Crippen LogP contribution is -2.11. The van der Waals surface area contributed by atoms with E-state index in [2.05, 4.69) is 15.0 Å². The minimum atomic E-state index is -0.437. The summed E-state index contributed by atoms with van der Waals surface area (Å²) in [5.41, 5.74) is 6.83. The van der Waals surface area contributed by atoms with Crippen LogP contribution >= 0.6 is 0 Å². The SMILES string of the molecule is Nc1nc([C@H]2C=C[C@@H](O)C2)nc2ncn(N)c12. The fraction of sp³-hybridized carbons (Fsp3) is 0.300. The lowest BCUT2D eigenvalue weighted by molar-refractivity contribution is 0.217. The van der Waals surface area contributed by atoms with E-state index < -0.39 is 6.10 Å². The molecule has 0 saturated heterocycles. The number of rotatable bonds is 1. The lowest BCUT2D eigenvalue weighted by atomic mass is 10.1. The quantitative estimate of drug-likeness (QED) is 0.452. The largest absolute Gasteiger partial charge is 0.389 e. The molecule has 2 heterocycles. The fourth-order valence-electron chi connectivity index (χ4n) is 2.03. The normalized spacial score (nSPS) is 23.6. The molecule has 2 aromatic rings. The van der Waals surface area contributed by atoms with E-state index in [0.717, 1.165) is 0 Å². The van der Waals surface area contributed by atoms with E-state index in [9.17, 15) is 5.11 Å². The average Bonchev–Trinajstić information content (AvgIpc) is 2.86. The molecule has 2 aromatic heterocycles. The van der Waals surface area contributed by atoms with Gasteiger partial charge in [-0.2, -0.15) is 0 Å². The van der Waals surface area contributed by atoms with Gasteiger partial charge in [0.1, 0.15) is 12.2 Å². The van der Waals surface area contributed by atoms with Gasteiger partial charge >= 0.3 is 0 Å². The number of hydrogen-bond acceptors (Lipinski definition) is 6. The standard InChI is InChI=1S/C10H12N6O/c11-8-7-10(13-4-16(7)12)15-9(14-8)5-1-2-6(17)3-5/h1-2,4-6,17H,3,12H2,(H2,11,14,15)/t5-,6+/m0/s1. The number of aliphatic hydroxyl groups is 1. The van der Waals surface area contributed by atoms with Gasteiger partial charge in [-0.15, -0.1) is 0 Å². The summed E-state index contributed by atoms with van der Waals surface area (Å²) in [5.74, 6) is 6.50. The van der Waals surface area contributed by atoms with E-state index in [0.29, 0.717) is 29.2 Å². The van der Waals surface area contributed by atoms with Crippen LogP contribution in [-0.2, 0) is 0 Å². The van der Waals surface area contributed by atoms with Crippen molar-refractivity contribution in [1.29, 1.82) is 0 Å². The molecule has 0 radical (unpaired) electrons. The average molecular weight is 232 g/mol. The summed E-state index contributed by atoms with van der Waals surface area (Å²) in [6.07, 6.45) is 5.20. The first-order chi connectivity index (χ1) is 8.15. The van der Waals surface area contributed by atoms with Crippen molar-refractivity contribution in [1.82, 2.24) is 19.6 Å². The second-order valence-corrected chi connectivity index (χ2v) is 4.09. The molecule has 1 aliphatic carbocycles. The molecular weight excluding hydrogens is 220 g/mol. The monoisotopic (exact) mass is 232 g/mol. The number of aromatic nitrogens is 4. The molecule has 7 nitrogen and oxygen atoms in total. The summed E-state index contributed by atoms with van der Waals surface area (Å²) in [4.78, 5) is 12.6. The molecule has 0 aromatic carbocycles. The smallest absolute Gasteiger partial charge is 0.185 e. The van der Waals surface area contributed by atoms with Gasteiger partial charge in [0.15, 0.2) is 17.0 Å². The number of nitrogens with zero attached hydrogens (tertiary/aromatic N) is 4. The minimum Gasteiger partial charge on any atom is -0.389 e. The number of anilines is 1. The van der Waals surface area contributed by atoms with Crippen LogP contribution in [0.5, 0.6) is 0 Å². The van der Waals surface area contributed by atoms with E-state index in [1.165, 1.54) is 11.0 Å². The molecule has 1 aliphatic rings. The van der Waals surface area contributed by atoms with Gasteiger partial charge in [-0.3, -0.25) is 0 Å². The molecule has 0 fully saturated rings. The number of hydrogen-bond donors (Lipinski definition) is 3. The summed E-state index contributed by atoms with van der Waals surface area (Å²) >= 11 is 0. The van der Waals surface area contributed by atoms with Gasteiger partial charge in [-0.25, -0.2) is 19.6 Å². The molecule has 0 spiro atoms. The van der Waals surface area contributed by atoms with Crippen molar-refractivity contribution in [3.8, 4) is 0 Å². The Bertz CT molecular complexity index is 604. The Balaban J connectivity index is 2.10. The van der Waals surface area contributed by atoms with E-state index in [4.69, 9.17) is 11.6 Å². The van der Waals surface area contributed by atoms with Crippen LogP contribution in [0.15, 0.2) is 18.5 Å². The molecule has 0 amide bonds. The summed E-state index contributed by atoms with van der Waals surface area (Å²) in [7, 11) is 0. The molecule has 0 bridgehead atoms. The number of imidazole rings is 1. The van der Waals surface area contributed by atoms with Gasteiger partial charge in [0.05, 0.1) is 6.10 Å². The van der Waals surface area contributed by atoms with Crippen LogP contribution < -0.4 is 11.6 Å². The Hall–Kier alpha value is -2.15. The number of aliphatic hydroxyl groups excluding tert-OH is 1. The molecule has 2 atom stereocenters. The summed E-state index contributed by atoms with van der Waals surface area (Å²) < 4.78 is 1.30. The zero-order chi connectivity index (χ0) is 12.0. The van der Waals surface area contributed by atoms with E-state index in [-0.39, 0.29) is 5.92 Å². The van der Waals surface area contributed by atoms with Crippen LogP contribution in [0.4, 0.5) is 5.82 Å². The molecule has 0 saturated carbocycles. The zero-order valence-electron chi connectivity index (χ0n) is 8.98. The molecule has 7 heteroatoms. The molecule has 17 heavy (non-hydrogen) atoms. The maximum atomic E-state index is 9.43. The van der Waals surface area contributed by atoms with Crippen molar-refractivity contribution >= 4 is 17.0 Å². The Morgan fingerprint density at radius 3 is 2.88 bits per heavy atom. The first-order valence-electron chi connectivity index (χ1n) is 5.27. The molecule has 0 unspecified atom stereocenters.